The highest BCUT2D eigenvalue weighted by atomic mass is 127. The zero-order valence-corrected chi connectivity index (χ0v) is 14.3. The van der Waals surface area contributed by atoms with Gasteiger partial charge < -0.3 is 9.47 Å². The number of alkyl halides is 1. The molecule has 0 saturated heterocycles. The highest BCUT2D eigenvalue weighted by molar-refractivity contribution is 14.1. The molecule has 2 nitrogen and oxygen atoms in total. The molecule has 0 amide bonds. The summed E-state index contributed by atoms with van der Waals surface area (Å²) in [5.41, 5.74) is 2.23. The van der Waals surface area contributed by atoms with Crippen LogP contribution in [0.5, 0.6) is 11.5 Å². The lowest BCUT2D eigenvalue weighted by atomic mass is 10.2. The standard InChI is InChI=1S/C15H14BrIO2/c1-18-14-4-2-3-12(9-16)15(14)19-10-11-5-7-13(17)8-6-11/h2-8H,9-10H2,1H3. The first-order chi connectivity index (χ1) is 9.24. The van der Waals surface area contributed by atoms with Gasteiger partial charge in [-0.3, -0.25) is 0 Å². The van der Waals surface area contributed by atoms with Crippen molar-refractivity contribution in [2.75, 3.05) is 7.11 Å². The third-order valence-electron chi connectivity index (χ3n) is 2.72. The molecule has 0 unspecified atom stereocenters. The van der Waals surface area contributed by atoms with Gasteiger partial charge in [0, 0.05) is 14.5 Å². The highest BCUT2D eigenvalue weighted by Gasteiger charge is 2.09. The summed E-state index contributed by atoms with van der Waals surface area (Å²) in [6, 6.07) is 14.2. The fraction of sp³-hybridized carbons (Fsp3) is 0.200. The van der Waals surface area contributed by atoms with Crippen LogP contribution in [0.2, 0.25) is 0 Å². The van der Waals surface area contributed by atoms with Gasteiger partial charge in [-0.2, -0.15) is 0 Å². The van der Waals surface area contributed by atoms with Crippen LogP contribution in [0.25, 0.3) is 0 Å². The minimum Gasteiger partial charge on any atom is -0.493 e. The quantitative estimate of drug-likeness (QED) is 0.500. The molecule has 100 valence electrons. The van der Waals surface area contributed by atoms with Crippen LogP contribution in [-0.4, -0.2) is 7.11 Å². The second kappa shape index (κ2) is 7.14. The number of methoxy groups -OCH3 is 1. The molecule has 0 atom stereocenters. The molecule has 0 aliphatic rings. The van der Waals surface area contributed by atoms with Crippen LogP contribution < -0.4 is 9.47 Å². The molecule has 4 heteroatoms. The largest absolute Gasteiger partial charge is 0.493 e. The van der Waals surface area contributed by atoms with Crippen LogP contribution in [0.4, 0.5) is 0 Å². The van der Waals surface area contributed by atoms with Crippen molar-refractivity contribution in [1.29, 1.82) is 0 Å². The molecule has 0 aliphatic carbocycles. The Morgan fingerprint density at radius 2 is 1.84 bits per heavy atom. The van der Waals surface area contributed by atoms with Gasteiger partial charge in [0.25, 0.3) is 0 Å². The lowest BCUT2D eigenvalue weighted by Crippen LogP contribution is -2.00. The average Bonchev–Trinajstić information content (AvgIpc) is 2.46. The summed E-state index contributed by atoms with van der Waals surface area (Å²) in [6.07, 6.45) is 0. The minimum absolute atomic E-state index is 0.539. The van der Waals surface area contributed by atoms with E-state index in [0.717, 1.165) is 28.0 Å². The normalized spacial score (nSPS) is 10.3. The van der Waals surface area contributed by atoms with E-state index in [1.165, 1.54) is 3.57 Å². The van der Waals surface area contributed by atoms with Crippen molar-refractivity contribution >= 4 is 38.5 Å². The zero-order valence-electron chi connectivity index (χ0n) is 10.5. The van der Waals surface area contributed by atoms with Crippen LogP contribution >= 0.6 is 38.5 Å². The summed E-state index contributed by atoms with van der Waals surface area (Å²) in [5, 5.41) is 0.742. The van der Waals surface area contributed by atoms with Gasteiger partial charge in [0.05, 0.1) is 7.11 Å². The molecule has 0 N–H and O–H groups in total. The van der Waals surface area contributed by atoms with Crippen molar-refractivity contribution in [1.82, 2.24) is 0 Å². The van der Waals surface area contributed by atoms with E-state index in [2.05, 4.69) is 62.8 Å². The lowest BCUT2D eigenvalue weighted by molar-refractivity contribution is 0.282. The predicted molar refractivity (Wildman–Crippen MR) is 89.1 cm³/mol. The maximum absolute atomic E-state index is 5.92. The van der Waals surface area contributed by atoms with Gasteiger partial charge in [-0.15, -0.1) is 0 Å². The molecule has 2 rings (SSSR count). The second-order valence-corrected chi connectivity index (χ2v) is 5.80. The van der Waals surface area contributed by atoms with Crippen LogP contribution in [-0.2, 0) is 11.9 Å². The number of halogens is 2. The Morgan fingerprint density at radius 3 is 2.47 bits per heavy atom. The van der Waals surface area contributed by atoms with E-state index in [0.29, 0.717) is 6.61 Å². The molecule has 19 heavy (non-hydrogen) atoms. The molecule has 0 radical (unpaired) electrons. The Labute approximate surface area is 135 Å². The number of para-hydroxylation sites is 1. The number of benzene rings is 2. The van der Waals surface area contributed by atoms with E-state index < -0.39 is 0 Å². The van der Waals surface area contributed by atoms with Crippen molar-refractivity contribution in [3.8, 4) is 11.5 Å². The Hall–Kier alpha value is -0.750. The summed E-state index contributed by atoms with van der Waals surface area (Å²) in [7, 11) is 1.66. The molecular formula is C15H14BrIO2. The van der Waals surface area contributed by atoms with Crippen LogP contribution in [0.3, 0.4) is 0 Å². The predicted octanol–water partition coefficient (Wildman–Crippen LogP) is 4.77. The van der Waals surface area contributed by atoms with E-state index in [4.69, 9.17) is 9.47 Å². The fourth-order valence-electron chi connectivity index (χ4n) is 1.73. The molecule has 0 aliphatic heterocycles. The molecule has 0 heterocycles. The first kappa shape index (κ1) is 14.7. The lowest BCUT2D eigenvalue weighted by Gasteiger charge is -2.14. The number of hydrogen-bond donors (Lipinski definition) is 0. The van der Waals surface area contributed by atoms with Gasteiger partial charge in [-0.05, 0) is 46.4 Å². The minimum atomic E-state index is 0.539. The number of hydrogen-bond acceptors (Lipinski definition) is 2. The molecular weight excluding hydrogens is 419 g/mol. The third kappa shape index (κ3) is 3.86. The summed E-state index contributed by atoms with van der Waals surface area (Å²) in [5.74, 6) is 1.57. The first-order valence-electron chi connectivity index (χ1n) is 5.83. The first-order valence-corrected chi connectivity index (χ1v) is 8.03. The van der Waals surface area contributed by atoms with Crippen LogP contribution in [0.1, 0.15) is 11.1 Å². The number of rotatable bonds is 5. The molecule has 2 aromatic carbocycles. The van der Waals surface area contributed by atoms with Crippen molar-refractivity contribution in [3.05, 3.63) is 57.2 Å². The summed E-state index contributed by atoms with van der Waals surface area (Å²) < 4.78 is 12.5. The summed E-state index contributed by atoms with van der Waals surface area (Å²) >= 11 is 5.76. The fourth-order valence-corrected chi connectivity index (χ4v) is 2.53. The van der Waals surface area contributed by atoms with Gasteiger partial charge in [-0.1, -0.05) is 40.2 Å². The van der Waals surface area contributed by atoms with Gasteiger partial charge in [0.15, 0.2) is 11.5 Å². The van der Waals surface area contributed by atoms with E-state index >= 15 is 0 Å². The third-order valence-corrected chi connectivity index (χ3v) is 4.04. The van der Waals surface area contributed by atoms with Gasteiger partial charge in [-0.25, -0.2) is 0 Å². The van der Waals surface area contributed by atoms with E-state index in [1.54, 1.807) is 7.11 Å². The highest BCUT2D eigenvalue weighted by Crippen LogP contribution is 2.33. The van der Waals surface area contributed by atoms with E-state index in [1.807, 2.05) is 18.2 Å². The molecule has 0 bridgehead atoms. The molecule has 0 fully saturated rings. The molecule has 2 aromatic rings. The van der Waals surface area contributed by atoms with Crippen LogP contribution in [0.15, 0.2) is 42.5 Å². The Balaban J connectivity index is 2.16. The van der Waals surface area contributed by atoms with Gasteiger partial charge in [0.2, 0.25) is 0 Å². The van der Waals surface area contributed by atoms with Crippen LogP contribution in [0, 0.1) is 3.57 Å². The monoisotopic (exact) mass is 432 g/mol. The Kier molecular flexibility index (Phi) is 5.51. The van der Waals surface area contributed by atoms with E-state index in [-0.39, 0.29) is 0 Å². The van der Waals surface area contributed by atoms with Crippen molar-refractivity contribution in [2.45, 2.75) is 11.9 Å². The van der Waals surface area contributed by atoms with Crippen molar-refractivity contribution in [3.63, 3.8) is 0 Å². The Bertz CT molecular complexity index is 518. The summed E-state index contributed by atoms with van der Waals surface area (Å²) in [6.45, 7) is 0.539. The molecule has 0 spiro atoms. The number of ether oxygens (including phenoxy) is 2. The SMILES string of the molecule is COc1cccc(CBr)c1OCc1ccc(I)cc1. The molecule has 0 aromatic heterocycles. The van der Waals surface area contributed by atoms with Crippen molar-refractivity contribution in [2.24, 2.45) is 0 Å². The van der Waals surface area contributed by atoms with Gasteiger partial charge >= 0.3 is 0 Å². The Morgan fingerprint density at radius 1 is 1.11 bits per heavy atom. The smallest absolute Gasteiger partial charge is 0.165 e. The van der Waals surface area contributed by atoms with Crippen molar-refractivity contribution < 1.29 is 9.47 Å². The average molecular weight is 433 g/mol. The van der Waals surface area contributed by atoms with E-state index in [9.17, 15) is 0 Å². The summed E-state index contributed by atoms with van der Waals surface area (Å²) in [4.78, 5) is 0. The maximum Gasteiger partial charge on any atom is 0.165 e. The molecule has 0 saturated carbocycles. The topological polar surface area (TPSA) is 18.5 Å². The van der Waals surface area contributed by atoms with Gasteiger partial charge in [0.1, 0.15) is 6.61 Å². The zero-order chi connectivity index (χ0) is 13.7. The second-order valence-electron chi connectivity index (χ2n) is 4.00. The maximum atomic E-state index is 5.92.